The summed E-state index contributed by atoms with van der Waals surface area (Å²) in [5.74, 6) is 0.417. The summed E-state index contributed by atoms with van der Waals surface area (Å²) < 4.78 is 0. The van der Waals surface area contributed by atoms with Crippen LogP contribution in [0.5, 0.6) is 0 Å². The van der Waals surface area contributed by atoms with E-state index in [4.69, 9.17) is 5.11 Å². The Labute approximate surface area is 75.1 Å². The molecule has 0 amide bonds. The highest BCUT2D eigenvalue weighted by molar-refractivity contribution is 5.33. The number of aliphatic hydroxyl groups excluding tert-OH is 1. The van der Waals surface area contributed by atoms with Crippen LogP contribution in [-0.2, 0) is 0 Å². The molecule has 1 heteroatoms. The quantitative estimate of drug-likeness (QED) is 0.637. The number of allylic oxidation sites excluding steroid dienone is 3. The zero-order valence-corrected chi connectivity index (χ0v) is 8.17. The van der Waals surface area contributed by atoms with Crippen LogP contribution in [0.2, 0.25) is 0 Å². The highest BCUT2D eigenvalue weighted by Crippen LogP contribution is 2.16. The summed E-state index contributed by atoms with van der Waals surface area (Å²) >= 11 is 0. The van der Waals surface area contributed by atoms with Crippen molar-refractivity contribution in [1.82, 2.24) is 0 Å². The van der Waals surface area contributed by atoms with Crippen LogP contribution in [-0.4, -0.2) is 11.7 Å². The highest BCUT2D eigenvalue weighted by Gasteiger charge is 2.03. The van der Waals surface area contributed by atoms with Crippen molar-refractivity contribution in [2.45, 2.75) is 20.8 Å². The molecule has 0 aliphatic rings. The molecule has 0 aliphatic carbocycles. The zero-order chi connectivity index (χ0) is 9.56. The molecule has 1 nitrogen and oxygen atoms in total. The molecule has 0 fully saturated rings. The lowest BCUT2D eigenvalue weighted by Crippen LogP contribution is -1.98. The van der Waals surface area contributed by atoms with Gasteiger partial charge in [-0.2, -0.15) is 0 Å². The van der Waals surface area contributed by atoms with Crippen molar-refractivity contribution >= 4 is 0 Å². The molecule has 0 atom stereocenters. The molecule has 1 N–H and O–H groups in total. The third-order valence-electron chi connectivity index (χ3n) is 1.75. The molecule has 0 saturated heterocycles. The van der Waals surface area contributed by atoms with Crippen LogP contribution in [0.1, 0.15) is 20.8 Å². The Morgan fingerprint density at radius 3 is 2.33 bits per heavy atom. The van der Waals surface area contributed by atoms with E-state index < -0.39 is 0 Å². The van der Waals surface area contributed by atoms with Gasteiger partial charge >= 0.3 is 0 Å². The largest absolute Gasteiger partial charge is 0.392 e. The van der Waals surface area contributed by atoms with Crippen LogP contribution in [0.25, 0.3) is 0 Å². The highest BCUT2D eigenvalue weighted by atomic mass is 16.3. The minimum Gasteiger partial charge on any atom is -0.392 e. The second kappa shape index (κ2) is 5.78. The summed E-state index contributed by atoms with van der Waals surface area (Å²) in [6.07, 6.45) is 5.67. The van der Waals surface area contributed by atoms with E-state index in [9.17, 15) is 0 Å². The lowest BCUT2D eigenvalue weighted by molar-refractivity contribution is 0.333. The van der Waals surface area contributed by atoms with E-state index >= 15 is 0 Å². The summed E-state index contributed by atoms with van der Waals surface area (Å²) in [4.78, 5) is 0. The summed E-state index contributed by atoms with van der Waals surface area (Å²) in [5, 5.41) is 9.05. The molecule has 0 spiro atoms. The molecular weight excluding hydrogens is 148 g/mol. The van der Waals surface area contributed by atoms with Crippen LogP contribution in [0, 0.1) is 5.92 Å². The maximum absolute atomic E-state index is 9.05. The van der Waals surface area contributed by atoms with Crippen LogP contribution in [0.15, 0.2) is 36.0 Å². The van der Waals surface area contributed by atoms with Crippen LogP contribution >= 0.6 is 0 Å². The van der Waals surface area contributed by atoms with Gasteiger partial charge in [0, 0.05) is 0 Å². The van der Waals surface area contributed by atoms with Gasteiger partial charge in [0.25, 0.3) is 0 Å². The maximum atomic E-state index is 9.05. The summed E-state index contributed by atoms with van der Waals surface area (Å²) in [7, 11) is 0. The molecule has 0 radical (unpaired) electrons. The van der Waals surface area contributed by atoms with Gasteiger partial charge in [-0.05, 0) is 24.0 Å². The van der Waals surface area contributed by atoms with Gasteiger partial charge in [0.15, 0.2) is 0 Å². The Balaban J connectivity index is 4.86. The van der Waals surface area contributed by atoms with Crippen LogP contribution in [0.3, 0.4) is 0 Å². The van der Waals surface area contributed by atoms with Gasteiger partial charge in [-0.3, -0.25) is 0 Å². The van der Waals surface area contributed by atoms with Crippen molar-refractivity contribution in [2.24, 2.45) is 5.92 Å². The second-order valence-corrected chi connectivity index (χ2v) is 3.00. The van der Waals surface area contributed by atoms with Gasteiger partial charge in [-0.25, -0.2) is 0 Å². The summed E-state index contributed by atoms with van der Waals surface area (Å²) in [6, 6.07) is 0. The van der Waals surface area contributed by atoms with E-state index in [1.807, 2.05) is 25.2 Å². The average Bonchev–Trinajstić information content (AvgIpc) is 2.03. The van der Waals surface area contributed by atoms with Crippen molar-refractivity contribution < 1.29 is 5.11 Å². The Morgan fingerprint density at radius 2 is 2.08 bits per heavy atom. The lowest BCUT2D eigenvalue weighted by Gasteiger charge is -2.10. The summed E-state index contributed by atoms with van der Waals surface area (Å²) in [5.41, 5.74) is 2.08. The van der Waals surface area contributed by atoms with Gasteiger partial charge in [0.1, 0.15) is 0 Å². The Hall–Kier alpha value is -0.820. The van der Waals surface area contributed by atoms with Gasteiger partial charge in [-0.15, -0.1) is 0 Å². The number of aliphatic hydroxyl groups is 1. The van der Waals surface area contributed by atoms with Crippen molar-refractivity contribution in [2.75, 3.05) is 6.61 Å². The molecule has 0 aromatic heterocycles. The molecule has 0 saturated carbocycles. The van der Waals surface area contributed by atoms with E-state index in [1.165, 1.54) is 0 Å². The zero-order valence-electron chi connectivity index (χ0n) is 8.17. The fraction of sp³-hybridized carbons (Fsp3) is 0.455. The monoisotopic (exact) mass is 166 g/mol. The van der Waals surface area contributed by atoms with E-state index in [0.29, 0.717) is 5.92 Å². The summed E-state index contributed by atoms with van der Waals surface area (Å²) in [6.45, 7) is 9.95. The molecule has 0 bridgehead atoms. The molecule has 0 aromatic rings. The Kier molecular flexibility index (Phi) is 5.39. The van der Waals surface area contributed by atoms with Crippen molar-refractivity contribution in [3.63, 3.8) is 0 Å². The standard InChI is InChI=1S/C11H18O/c1-5-7-10(8-12)11(6-2)9(3)4/h5-7,9,12H,2,8H2,1,3-4H3/b7-5-,11-10-. The first-order valence-electron chi connectivity index (χ1n) is 4.26. The van der Waals surface area contributed by atoms with Crippen molar-refractivity contribution in [1.29, 1.82) is 0 Å². The fourth-order valence-corrected chi connectivity index (χ4v) is 1.18. The molecule has 0 unspecified atom stereocenters. The van der Waals surface area contributed by atoms with E-state index in [-0.39, 0.29) is 6.61 Å². The molecule has 0 heterocycles. The minimum absolute atomic E-state index is 0.0872. The molecule has 0 aromatic carbocycles. The average molecular weight is 166 g/mol. The first-order chi connectivity index (χ1) is 5.67. The second-order valence-electron chi connectivity index (χ2n) is 3.00. The first-order valence-corrected chi connectivity index (χ1v) is 4.26. The van der Waals surface area contributed by atoms with Gasteiger partial charge in [0.2, 0.25) is 0 Å². The number of rotatable bonds is 4. The van der Waals surface area contributed by atoms with Gasteiger partial charge in [0.05, 0.1) is 6.61 Å². The topological polar surface area (TPSA) is 20.2 Å². The lowest BCUT2D eigenvalue weighted by atomic mass is 9.97. The molecule has 0 aliphatic heterocycles. The number of hydrogen-bond donors (Lipinski definition) is 1. The molecule has 0 rings (SSSR count). The molecule has 12 heavy (non-hydrogen) atoms. The van der Waals surface area contributed by atoms with E-state index in [1.54, 1.807) is 0 Å². The normalized spacial score (nSPS) is 13.8. The Bertz CT molecular complexity index is 197. The molecule has 68 valence electrons. The number of hydrogen-bond acceptors (Lipinski definition) is 1. The van der Waals surface area contributed by atoms with Gasteiger partial charge in [-0.1, -0.05) is 38.7 Å². The smallest absolute Gasteiger partial charge is 0.0684 e. The predicted molar refractivity (Wildman–Crippen MR) is 54.0 cm³/mol. The molecular formula is C11H18O. The first kappa shape index (κ1) is 11.2. The maximum Gasteiger partial charge on any atom is 0.0684 e. The van der Waals surface area contributed by atoms with E-state index in [2.05, 4.69) is 20.4 Å². The van der Waals surface area contributed by atoms with Gasteiger partial charge < -0.3 is 5.11 Å². The third-order valence-corrected chi connectivity index (χ3v) is 1.75. The Morgan fingerprint density at radius 1 is 1.50 bits per heavy atom. The fourth-order valence-electron chi connectivity index (χ4n) is 1.18. The third kappa shape index (κ3) is 3.05. The minimum atomic E-state index is 0.0872. The SMILES string of the molecule is C=C/C(=C(\C=C/C)CO)C(C)C. The van der Waals surface area contributed by atoms with Crippen molar-refractivity contribution in [3.05, 3.63) is 36.0 Å². The predicted octanol–water partition coefficient (Wildman–Crippen LogP) is 2.69. The van der Waals surface area contributed by atoms with Crippen LogP contribution < -0.4 is 0 Å². The van der Waals surface area contributed by atoms with E-state index in [0.717, 1.165) is 11.1 Å². The van der Waals surface area contributed by atoms with Crippen LogP contribution in [0.4, 0.5) is 0 Å². The van der Waals surface area contributed by atoms with Crippen molar-refractivity contribution in [3.8, 4) is 0 Å².